The third-order valence-electron chi connectivity index (χ3n) is 3.03. The molecule has 0 bridgehead atoms. The summed E-state index contributed by atoms with van der Waals surface area (Å²) in [6.45, 7) is 0. The van der Waals surface area contributed by atoms with E-state index >= 15 is 0 Å². The van der Waals surface area contributed by atoms with E-state index in [2.05, 4.69) is 15.4 Å². The zero-order valence-corrected chi connectivity index (χ0v) is 11.6. The summed E-state index contributed by atoms with van der Waals surface area (Å²) < 4.78 is 5.16. The van der Waals surface area contributed by atoms with Gasteiger partial charge in [-0.15, -0.1) is 0 Å². The fourth-order valence-electron chi connectivity index (χ4n) is 1.99. The van der Waals surface area contributed by atoms with Crippen LogP contribution in [0.1, 0.15) is 0 Å². The topological polar surface area (TPSA) is 50.8 Å². The minimum atomic E-state index is 0.697. The Kier molecular flexibility index (Phi) is 3.39. The molecule has 0 atom stereocenters. The van der Waals surface area contributed by atoms with Crippen LogP contribution in [0.3, 0.4) is 0 Å². The Bertz CT molecular complexity index is 705. The predicted molar refractivity (Wildman–Crippen MR) is 78.8 cm³/mol. The van der Waals surface area contributed by atoms with Crippen molar-refractivity contribution in [3.8, 4) is 28.3 Å². The molecule has 0 aliphatic carbocycles. The average molecular weight is 286 g/mol. The lowest BCUT2D eigenvalue weighted by molar-refractivity contribution is 0.415. The minimum absolute atomic E-state index is 0.697. The molecule has 20 heavy (non-hydrogen) atoms. The molecular weight excluding hydrogens is 274 g/mol. The molecule has 100 valence electrons. The van der Waals surface area contributed by atoms with Crippen LogP contribution in [0.15, 0.2) is 48.5 Å². The smallest absolute Gasteiger partial charge is 0.120 e. The van der Waals surface area contributed by atoms with Gasteiger partial charge in [-0.05, 0) is 36.4 Å². The number of hydrogen-bond donors (Lipinski definition) is 1. The lowest BCUT2D eigenvalue weighted by Gasteiger charge is -2.03. The van der Waals surface area contributed by atoms with E-state index in [0.29, 0.717) is 5.02 Å². The summed E-state index contributed by atoms with van der Waals surface area (Å²) in [6.07, 6.45) is 0. The van der Waals surface area contributed by atoms with E-state index in [-0.39, 0.29) is 0 Å². The Labute approximate surface area is 121 Å². The number of aromatic amines is 1. The Morgan fingerprint density at radius 3 is 1.85 bits per heavy atom. The van der Waals surface area contributed by atoms with Gasteiger partial charge in [-0.1, -0.05) is 23.7 Å². The fraction of sp³-hybridized carbons (Fsp3) is 0.0667. The number of benzene rings is 2. The summed E-state index contributed by atoms with van der Waals surface area (Å²) >= 11 is 5.91. The van der Waals surface area contributed by atoms with Gasteiger partial charge in [-0.2, -0.15) is 15.4 Å². The second-order valence-corrected chi connectivity index (χ2v) is 4.69. The molecule has 3 aromatic rings. The molecule has 0 fully saturated rings. The van der Waals surface area contributed by atoms with Crippen molar-refractivity contribution in [1.82, 2.24) is 15.4 Å². The second kappa shape index (κ2) is 5.35. The quantitative estimate of drug-likeness (QED) is 0.796. The zero-order valence-electron chi connectivity index (χ0n) is 10.8. The molecule has 4 nitrogen and oxygen atoms in total. The molecule has 0 saturated heterocycles. The summed E-state index contributed by atoms with van der Waals surface area (Å²) in [5.41, 5.74) is 3.54. The van der Waals surface area contributed by atoms with Crippen LogP contribution in [0.5, 0.6) is 5.75 Å². The molecule has 0 saturated carbocycles. The van der Waals surface area contributed by atoms with Crippen molar-refractivity contribution in [3.63, 3.8) is 0 Å². The van der Waals surface area contributed by atoms with Gasteiger partial charge in [-0.3, -0.25) is 0 Å². The Balaban J connectivity index is 2.02. The summed E-state index contributed by atoms with van der Waals surface area (Å²) in [5, 5.41) is 11.8. The first-order valence-electron chi connectivity index (χ1n) is 6.09. The summed E-state index contributed by atoms with van der Waals surface area (Å²) in [7, 11) is 1.64. The molecule has 1 N–H and O–H groups in total. The number of H-pyrrole nitrogens is 1. The van der Waals surface area contributed by atoms with Gasteiger partial charge in [0.25, 0.3) is 0 Å². The Hall–Kier alpha value is -2.33. The van der Waals surface area contributed by atoms with E-state index in [1.54, 1.807) is 7.11 Å². The lowest BCUT2D eigenvalue weighted by Crippen LogP contribution is -1.85. The van der Waals surface area contributed by atoms with Crippen molar-refractivity contribution in [2.24, 2.45) is 0 Å². The fourth-order valence-corrected chi connectivity index (χ4v) is 2.12. The molecule has 1 heterocycles. The third kappa shape index (κ3) is 2.38. The number of nitrogens with zero attached hydrogens (tertiary/aromatic N) is 2. The Morgan fingerprint density at radius 2 is 1.35 bits per heavy atom. The second-order valence-electron chi connectivity index (χ2n) is 4.26. The molecule has 0 radical (unpaired) electrons. The van der Waals surface area contributed by atoms with Crippen LogP contribution in [-0.4, -0.2) is 22.5 Å². The standard InChI is InChI=1S/C15H12ClN3O/c1-20-13-8-4-11(5-9-13)15-14(17-19-18-15)10-2-6-12(16)7-3-10/h2-9H,1H3,(H,17,18,19). The normalized spacial score (nSPS) is 10.5. The van der Waals surface area contributed by atoms with Crippen LogP contribution in [0.25, 0.3) is 22.5 Å². The highest BCUT2D eigenvalue weighted by molar-refractivity contribution is 6.30. The minimum Gasteiger partial charge on any atom is -0.497 e. The largest absolute Gasteiger partial charge is 0.497 e. The first-order chi connectivity index (χ1) is 9.78. The van der Waals surface area contributed by atoms with Gasteiger partial charge >= 0.3 is 0 Å². The monoisotopic (exact) mass is 285 g/mol. The van der Waals surface area contributed by atoms with Gasteiger partial charge in [-0.25, -0.2) is 0 Å². The molecule has 2 aromatic carbocycles. The van der Waals surface area contributed by atoms with Crippen molar-refractivity contribution >= 4 is 11.6 Å². The van der Waals surface area contributed by atoms with Crippen LogP contribution >= 0.6 is 11.6 Å². The summed E-state index contributed by atoms with van der Waals surface area (Å²) in [6, 6.07) is 15.2. The van der Waals surface area contributed by atoms with Gasteiger partial charge in [0.2, 0.25) is 0 Å². The number of hydrogen-bond acceptors (Lipinski definition) is 3. The molecule has 0 spiro atoms. The maximum Gasteiger partial charge on any atom is 0.120 e. The number of rotatable bonds is 3. The van der Waals surface area contributed by atoms with Gasteiger partial charge in [0.1, 0.15) is 17.1 Å². The number of halogens is 1. The molecule has 0 aliphatic heterocycles. The van der Waals surface area contributed by atoms with Crippen molar-refractivity contribution in [3.05, 3.63) is 53.6 Å². The van der Waals surface area contributed by atoms with Crippen molar-refractivity contribution in [2.45, 2.75) is 0 Å². The number of aromatic nitrogens is 3. The van der Waals surface area contributed by atoms with Gasteiger partial charge in [0, 0.05) is 16.1 Å². The van der Waals surface area contributed by atoms with Gasteiger partial charge < -0.3 is 4.74 Å². The van der Waals surface area contributed by atoms with Crippen molar-refractivity contribution < 1.29 is 4.74 Å². The molecule has 0 aliphatic rings. The highest BCUT2D eigenvalue weighted by Crippen LogP contribution is 2.29. The van der Waals surface area contributed by atoms with Crippen LogP contribution in [0.4, 0.5) is 0 Å². The van der Waals surface area contributed by atoms with E-state index in [1.807, 2.05) is 48.5 Å². The van der Waals surface area contributed by atoms with Gasteiger partial charge in [0.05, 0.1) is 7.11 Å². The third-order valence-corrected chi connectivity index (χ3v) is 3.28. The van der Waals surface area contributed by atoms with Crippen LogP contribution in [-0.2, 0) is 0 Å². The zero-order chi connectivity index (χ0) is 13.9. The first kappa shape index (κ1) is 12.7. The summed E-state index contributed by atoms with van der Waals surface area (Å²) in [4.78, 5) is 0. The molecule has 0 amide bonds. The highest BCUT2D eigenvalue weighted by atomic mass is 35.5. The maximum atomic E-state index is 5.91. The number of ether oxygens (including phenoxy) is 1. The molecule has 3 rings (SSSR count). The molecule has 5 heteroatoms. The van der Waals surface area contributed by atoms with E-state index < -0.39 is 0 Å². The van der Waals surface area contributed by atoms with E-state index in [1.165, 1.54) is 0 Å². The average Bonchev–Trinajstić information content (AvgIpc) is 2.97. The number of nitrogens with one attached hydrogen (secondary N) is 1. The molecule has 0 unspecified atom stereocenters. The predicted octanol–water partition coefficient (Wildman–Crippen LogP) is 3.80. The molecule has 1 aromatic heterocycles. The molecular formula is C15H12ClN3O. The maximum absolute atomic E-state index is 5.91. The summed E-state index contributed by atoms with van der Waals surface area (Å²) in [5.74, 6) is 0.810. The van der Waals surface area contributed by atoms with Crippen LogP contribution < -0.4 is 4.74 Å². The van der Waals surface area contributed by atoms with E-state index in [0.717, 1.165) is 28.3 Å². The van der Waals surface area contributed by atoms with Crippen molar-refractivity contribution in [1.29, 1.82) is 0 Å². The lowest BCUT2D eigenvalue weighted by atomic mass is 10.1. The Morgan fingerprint density at radius 1 is 0.850 bits per heavy atom. The van der Waals surface area contributed by atoms with Crippen LogP contribution in [0, 0.1) is 0 Å². The number of methoxy groups -OCH3 is 1. The van der Waals surface area contributed by atoms with Crippen LogP contribution in [0.2, 0.25) is 5.02 Å². The van der Waals surface area contributed by atoms with Crippen molar-refractivity contribution in [2.75, 3.05) is 7.11 Å². The van der Waals surface area contributed by atoms with E-state index in [4.69, 9.17) is 16.3 Å². The first-order valence-corrected chi connectivity index (χ1v) is 6.47. The van der Waals surface area contributed by atoms with E-state index in [9.17, 15) is 0 Å². The highest BCUT2D eigenvalue weighted by Gasteiger charge is 2.12. The van der Waals surface area contributed by atoms with Gasteiger partial charge in [0.15, 0.2) is 0 Å². The SMILES string of the molecule is COc1ccc(-c2n[nH]nc2-c2ccc(Cl)cc2)cc1.